The Bertz CT molecular complexity index is 1280. The molecule has 0 aliphatic heterocycles. The van der Waals surface area contributed by atoms with E-state index in [1.54, 1.807) is 24.3 Å². The van der Waals surface area contributed by atoms with Gasteiger partial charge in [0.2, 0.25) is 5.91 Å². The van der Waals surface area contributed by atoms with Gasteiger partial charge < -0.3 is 9.84 Å². The first kappa shape index (κ1) is 20.3. The molecule has 30 heavy (non-hydrogen) atoms. The van der Waals surface area contributed by atoms with Gasteiger partial charge in [-0.15, -0.1) is 0 Å². The quantitative estimate of drug-likeness (QED) is 0.441. The molecule has 2 aromatic heterocycles. The van der Waals surface area contributed by atoms with Gasteiger partial charge in [-0.3, -0.25) is 14.2 Å². The predicted octanol–water partition coefficient (Wildman–Crippen LogP) is 4.17. The maximum absolute atomic E-state index is 13.0. The molecular formula is C21H16BrClN4O3. The second-order valence-corrected chi connectivity index (χ2v) is 7.91. The summed E-state index contributed by atoms with van der Waals surface area (Å²) in [7, 11) is 0. The van der Waals surface area contributed by atoms with Gasteiger partial charge in [0.05, 0.1) is 5.02 Å². The fraction of sp³-hybridized carbons (Fsp3) is 0.143. The van der Waals surface area contributed by atoms with Crippen molar-refractivity contribution >= 4 is 44.5 Å². The molecule has 7 nitrogen and oxygen atoms in total. The van der Waals surface area contributed by atoms with Crippen LogP contribution in [0.3, 0.4) is 0 Å². The first-order valence-corrected chi connectivity index (χ1v) is 10.3. The van der Waals surface area contributed by atoms with Gasteiger partial charge in [0.15, 0.2) is 0 Å². The Balaban J connectivity index is 1.50. The van der Waals surface area contributed by atoms with Crippen molar-refractivity contribution in [3.05, 3.63) is 80.3 Å². The third-order valence-electron chi connectivity index (χ3n) is 4.55. The Hall–Kier alpha value is -2.97. The van der Waals surface area contributed by atoms with Gasteiger partial charge in [-0.25, -0.2) is 4.98 Å². The molecule has 4 rings (SSSR count). The Labute approximate surface area is 184 Å². The summed E-state index contributed by atoms with van der Waals surface area (Å²) >= 11 is 9.64. The first-order chi connectivity index (χ1) is 14.5. The molecule has 0 fully saturated rings. The Morgan fingerprint density at radius 1 is 1.20 bits per heavy atom. The average Bonchev–Trinajstić information content (AvgIpc) is 3.17. The number of fused-ring (bicyclic) bond motifs is 1. The van der Waals surface area contributed by atoms with Crippen LogP contribution in [0.1, 0.15) is 12.0 Å². The van der Waals surface area contributed by atoms with E-state index >= 15 is 0 Å². The van der Waals surface area contributed by atoms with Gasteiger partial charge in [0, 0.05) is 29.5 Å². The van der Waals surface area contributed by atoms with Gasteiger partial charge >= 0.3 is 0 Å². The van der Waals surface area contributed by atoms with E-state index < -0.39 is 0 Å². The van der Waals surface area contributed by atoms with Crippen molar-refractivity contribution in [1.82, 2.24) is 20.0 Å². The third kappa shape index (κ3) is 4.29. The molecule has 0 radical (unpaired) electrons. The molecule has 0 saturated carbocycles. The molecule has 0 bridgehead atoms. The summed E-state index contributed by atoms with van der Waals surface area (Å²) in [6, 6.07) is 14.7. The second-order valence-electron chi connectivity index (χ2n) is 6.59. The van der Waals surface area contributed by atoms with Crippen molar-refractivity contribution in [3.8, 4) is 11.3 Å². The number of nitrogens with zero attached hydrogens (tertiary/aromatic N) is 3. The maximum atomic E-state index is 13.0. The molecule has 1 amide bonds. The van der Waals surface area contributed by atoms with E-state index in [4.69, 9.17) is 16.1 Å². The molecule has 0 unspecified atom stereocenters. The number of halogens is 2. The summed E-state index contributed by atoms with van der Waals surface area (Å²) in [6.45, 7) is 0.589. The van der Waals surface area contributed by atoms with Crippen LogP contribution in [-0.4, -0.2) is 20.6 Å². The van der Waals surface area contributed by atoms with E-state index in [-0.39, 0.29) is 35.5 Å². The van der Waals surface area contributed by atoms with Crippen LogP contribution < -0.4 is 10.9 Å². The van der Waals surface area contributed by atoms with Crippen molar-refractivity contribution in [3.63, 3.8) is 0 Å². The van der Waals surface area contributed by atoms with E-state index in [0.29, 0.717) is 22.8 Å². The summed E-state index contributed by atoms with van der Waals surface area (Å²) in [5.41, 5.74) is 1.69. The summed E-state index contributed by atoms with van der Waals surface area (Å²) in [6.07, 6.45) is 1.49. The number of benzene rings is 2. The lowest BCUT2D eigenvalue weighted by atomic mass is 10.1. The third-order valence-corrected chi connectivity index (χ3v) is 5.37. The lowest BCUT2D eigenvalue weighted by molar-refractivity contribution is -0.121. The minimum absolute atomic E-state index is 0.130. The molecule has 0 spiro atoms. The zero-order valence-electron chi connectivity index (χ0n) is 15.6. The van der Waals surface area contributed by atoms with Gasteiger partial charge in [-0.2, -0.15) is 0 Å². The maximum Gasteiger partial charge on any atom is 0.266 e. The first-order valence-electron chi connectivity index (χ1n) is 9.14. The molecule has 2 heterocycles. The Morgan fingerprint density at radius 3 is 2.83 bits per heavy atom. The summed E-state index contributed by atoms with van der Waals surface area (Å²) in [5.74, 6) is -0.168. The molecule has 2 aromatic carbocycles. The number of hydrogen-bond donors (Lipinski definition) is 1. The Morgan fingerprint density at radius 2 is 2.03 bits per heavy atom. The number of amides is 1. The van der Waals surface area contributed by atoms with E-state index in [2.05, 4.69) is 31.4 Å². The zero-order chi connectivity index (χ0) is 21.1. The van der Waals surface area contributed by atoms with Crippen molar-refractivity contribution < 1.29 is 9.32 Å². The van der Waals surface area contributed by atoms with Crippen LogP contribution in [0.4, 0.5) is 0 Å². The van der Waals surface area contributed by atoms with Crippen molar-refractivity contribution in [2.24, 2.45) is 0 Å². The normalized spacial score (nSPS) is 11.0. The highest BCUT2D eigenvalue weighted by atomic mass is 79.9. The highest BCUT2D eigenvalue weighted by molar-refractivity contribution is 9.10. The summed E-state index contributed by atoms with van der Waals surface area (Å²) in [4.78, 5) is 29.3. The van der Waals surface area contributed by atoms with E-state index in [9.17, 15) is 9.59 Å². The number of carbonyl (C=O) groups is 1. The summed E-state index contributed by atoms with van der Waals surface area (Å²) in [5, 5.41) is 7.51. The Kier molecular flexibility index (Phi) is 5.96. The average molecular weight is 488 g/mol. The molecule has 0 aliphatic rings. The van der Waals surface area contributed by atoms with Crippen LogP contribution in [0.2, 0.25) is 5.02 Å². The minimum atomic E-state index is -0.337. The fourth-order valence-electron chi connectivity index (χ4n) is 3.03. The predicted molar refractivity (Wildman–Crippen MR) is 117 cm³/mol. The number of rotatable bonds is 6. The van der Waals surface area contributed by atoms with Gasteiger partial charge in [0.1, 0.15) is 17.4 Å². The van der Waals surface area contributed by atoms with E-state index in [0.717, 1.165) is 10.0 Å². The molecule has 1 N–H and O–H groups in total. The smallest absolute Gasteiger partial charge is 0.266 e. The second kappa shape index (κ2) is 8.81. The number of aromatic nitrogens is 3. The standard InChI is InChI=1S/C21H16BrClN4O3/c22-14-5-3-4-13(10-14)11-24-17(28)8-9-27-12-25-20-18(21(27)29)19(26-30-20)15-6-1-2-7-16(15)23/h1-7,10,12H,8-9,11H2,(H,24,28). The molecular weight excluding hydrogens is 472 g/mol. The molecule has 0 saturated heterocycles. The SMILES string of the molecule is O=C(CCn1cnc2onc(-c3ccccc3Cl)c2c1=O)NCc1cccc(Br)c1. The van der Waals surface area contributed by atoms with Crippen LogP contribution in [0.15, 0.2) is 68.6 Å². The van der Waals surface area contributed by atoms with Crippen LogP contribution in [0.25, 0.3) is 22.4 Å². The van der Waals surface area contributed by atoms with Crippen molar-refractivity contribution in [2.75, 3.05) is 0 Å². The highest BCUT2D eigenvalue weighted by Gasteiger charge is 2.18. The van der Waals surface area contributed by atoms with Crippen LogP contribution in [0.5, 0.6) is 0 Å². The lowest BCUT2D eigenvalue weighted by Gasteiger charge is -2.07. The highest BCUT2D eigenvalue weighted by Crippen LogP contribution is 2.30. The van der Waals surface area contributed by atoms with Crippen molar-refractivity contribution in [2.45, 2.75) is 19.5 Å². The van der Waals surface area contributed by atoms with E-state index in [1.165, 1.54) is 10.9 Å². The van der Waals surface area contributed by atoms with Crippen LogP contribution >= 0.6 is 27.5 Å². The van der Waals surface area contributed by atoms with Crippen LogP contribution in [0, 0.1) is 0 Å². The zero-order valence-corrected chi connectivity index (χ0v) is 18.0. The van der Waals surface area contributed by atoms with Gasteiger partial charge in [-0.05, 0) is 23.8 Å². The summed E-state index contributed by atoms with van der Waals surface area (Å²) < 4.78 is 7.52. The van der Waals surface area contributed by atoms with E-state index in [1.807, 2.05) is 24.3 Å². The van der Waals surface area contributed by atoms with Crippen LogP contribution in [-0.2, 0) is 17.9 Å². The van der Waals surface area contributed by atoms with Gasteiger partial charge in [0.25, 0.3) is 11.3 Å². The molecule has 0 aliphatic carbocycles. The monoisotopic (exact) mass is 486 g/mol. The largest absolute Gasteiger partial charge is 0.352 e. The lowest BCUT2D eigenvalue weighted by Crippen LogP contribution is -2.27. The molecule has 9 heteroatoms. The number of nitrogens with one attached hydrogen (secondary N) is 1. The number of carbonyl (C=O) groups excluding carboxylic acids is 1. The number of hydrogen-bond acceptors (Lipinski definition) is 5. The molecule has 0 atom stereocenters. The fourth-order valence-corrected chi connectivity index (χ4v) is 3.71. The molecule has 152 valence electrons. The number of aryl methyl sites for hydroxylation is 1. The minimum Gasteiger partial charge on any atom is -0.352 e. The van der Waals surface area contributed by atoms with Gasteiger partial charge in [-0.1, -0.05) is 63.0 Å². The molecule has 4 aromatic rings. The topological polar surface area (TPSA) is 90.0 Å². The van der Waals surface area contributed by atoms with Crippen molar-refractivity contribution in [1.29, 1.82) is 0 Å².